The van der Waals surface area contributed by atoms with Crippen molar-refractivity contribution in [2.45, 2.75) is 33.7 Å². The molecule has 0 amide bonds. The van der Waals surface area contributed by atoms with Gasteiger partial charge in [-0.15, -0.1) is 0 Å². The Kier molecular flexibility index (Phi) is 4.59. The molecule has 0 atom stereocenters. The van der Waals surface area contributed by atoms with Crippen LogP contribution in [0.1, 0.15) is 38.1 Å². The summed E-state index contributed by atoms with van der Waals surface area (Å²) < 4.78 is 0. The molecule has 0 radical (unpaired) electrons. The first-order chi connectivity index (χ1) is 8.34. The number of nitrogens with two attached hydrogens (primary N) is 1. The number of para-hydroxylation sites is 1. The molecular weight excluding hydrogens is 228 g/mol. The molecule has 0 aliphatic carbocycles. The molecule has 1 rings (SSSR count). The SMILES string of the molecule is CC(C)CN(c1c(N)cccc1C(=O)O)C(C)C. The van der Waals surface area contributed by atoms with Gasteiger partial charge in [0, 0.05) is 12.6 Å². The number of carboxylic acid groups (broad SMARTS) is 1. The second kappa shape index (κ2) is 5.76. The fraction of sp³-hybridized carbons (Fsp3) is 0.500. The van der Waals surface area contributed by atoms with E-state index in [0.717, 1.165) is 6.54 Å². The van der Waals surface area contributed by atoms with Crippen LogP contribution in [-0.4, -0.2) is 23.7 Å². The van der Waals surface area contributed by atoms with Gasteiger partial charge in [-0.1, -0.05) is 19.9 Å². The summed E-state index contributed by atoms with van der Waals surface area (Å²) in [5.74, 6) is -0.500. The quantitative estimate of drug-likeness (QED) is 0.789. The van der Waals surface area contributed by atoms with E-state index in [4.69, 9.17) is 5.73 Å². The number of anilines is 2. The molecule has 0 saturated carbocycles. The molecule has 100 valence electrons. The monoisotopic (exact) mass is 250 g/mol. The normalized spacial score (nSPS) is 11.0. The zero-order valence-corrected chi connectivity index (χ0v) is 11.5. The van der Waals surface area contributed by atoms with Crippen molar-refractivity contribution in [3.05, 3.63) is 23.8 Å². The van der Waals surface area contributed by atoms with Gasteiger partial charge in [-0.05, 0) is 31.9 Å². The van der Waals surface area contributed by atoms with Crippen LogP contribution in [0, 0.1) is 5.92 Å². The van der Waals surface area contributed by atoms with Crippen molar-refractivity contribution in [2.75, 3.05) is 17.2 Å². The number of nitrogens with zero attached hydrogens (tertiary/aromatic N) is 1. The fourth-order valence-corrected chi connectivity index (χ4v) is 2.01. The van der Waals surface area contributed by atoms with Crippen LogP contribution in [0.2, 0.25) is 0 Å². The average Bonchev–Trinajstić information content (AvgIpc) is 2.25. The van der Waals surface area contributed by atoms with Crippen molar-refractivity contribution >= 4 is 17.3 Å². The lowest BCUT2D eigenvalue weighted by atomic mass is 10.1. The zero-order valence-electron chi connectivity index (χ0n) is 11.5. The van der Waals surface area contributed by atoms with Crippen LogP contribution >= 0.6 is 0 Å². The lowest BCUT2D eigenvalue weighted by Gasteiger charge is -2.32. The van der Waals surface area contributed by atoms with Gasteiger partial charge in [-0.3, -0.25) is 0 Å². The summed E-state index contributed by atoms with van der Waals surface area (Å²) in [5.41, 5.74) is 7.39. The first kappa shape index (κ1) is 14.4. The van der Waals surface area contributed by atoms with Gasteiger partial charge in [-0.2, -0.15) is 0 Å². The van der Waals surface area contributed by atoms with Crippen molar-refractivity contribution in [2.24, 2.45) is 5.92 Å². The summed E-state index contributed by atoms with van der Waals surface area (Å²) in [5, 5.41) is 9.27. The Hall–Kier alpha value is -1.71. The number of carbonyl (C=O) groups is 1. The molecule has 0 saturated heterocycles. The van der Waals surface area contributed by atoms with Gasteiger partial charge in [0.1, 0.15) is 0 Å². The van der Waals surface area contributed by atoms with Crippen LogP contribution in [0.15, 0.2) is 18.2 Å². The predicted octanol–water partition coefficient (Wildman–Crippen LogP) is 2.84. The van der Waals surface area contributed by atoms with Crippen LogP contribution in [0.25, 0.3) is 0 Å². The van der Waals surface area contributed by atoms with Gasteiger partial charge < -0.3 is 15.7 Å². The van der Waals surface area contributed by atoms with Gasteiger partial charge in [0.05, 0.1) is 16.9 Å². The van der Waals surface area contributed by atoms with Crippen molar-refractivity contribution < 1.29 is 9.90 Å². The highest BCUT2D eigenvalue weighted by Gasteiger charge is 2.21. The number of rotatable bonds is 5. The molecule has 0 fully saturated rings. The summed E-state index contributed by atoms with van der Waals surface area (Å²) in [6, 6.07) is 5.23. The maximum Gasteiger partial charge on any atom is 0.337 e. The van der Waals surface area contributed by atoms with Crippen LogP contribution in [0.3, 0.4) is 0 Å². The van der Waals surface area contributed by atoms with Crippen molar-refractivity contribution in [3.8, 4) is 0 Å². The van der Waals surface area contributed by atoms with Gasteiger partial charge in [0.25, 0.3) is 0 Å². The molecule has 0 aromatic heterocycles. The van der Waals surface area contributed by atoms with E-state index in [2.05, 4.69) is 18.7 Å². The molecular formula is C14H22N2O2. The molecule has 4 heteroatoms. The fourth-order valence-electron chi connectivity index (χ4n) is 2.01. The number of aromatic carboxylic acids is 1. The first-order valence-corrected chi connectivity index (χ1v) is 6.23. The Morgan fingerprint density at radius 2 is 1.94 bits per heavy atom. The predicted molar refractivity (Wildman–Crippen MR) is 75.1 cm³/mol. The molecule has 0 bridgehead atoms. The van der Waals surface area contributed by atoms with E-state index in [1.54, 1.807) is 18.2 Å². The van der Waals surface area contributed by atoms with E-state index >= 15 is 0 Å². The molecule has 0 heterocycles. The third-order valence-electron chi connectivity index (χ3n) is 2.77. The Labute approximate surface area is 108 Å². The minimum Gasteiger partial charge on any atom is -0.478 e. The highest BCUT2D eigenvalue weighted by Crippen LogP contribution is 2.30. The molecule has 3 N–H and O–H groups in total. The number of hydrogen-bond acceptors (Lipinski definition) is 3. The maximum atomic E-state index is 11.3. The Morgan fingerprint density at radius 3 is 2.39 bits per heavy atom. The summed E-state index contributed by atoms with van der Waals surface area (Å²) in [4.78, 5) is 13.4. The van der Waals surface area contributed by atoms with Crippen LogP contribution in [0.4, 0.5) is 11.4 Å². The topological polar surface area (TPSA) is 66.6 Å². The molecule has 1 aromatic rings. The number of hydrogen-bond donors (Lipinski definition) is 2. The number of carboxylic acids is 1. The maximum absolute atomic E-state index is 11.3. The van der Waals surface area contributed by atoms with Crippen LogP contribution in [-0.2, 0) is 0 Å². The molecule has 18 heavy (non-hydrogen) atoms. The lowest BCUT2D eigenvalue weighted by Crippen LogP contribution is -2.35. The Morgan fingerprint density at radius 1 is 1.33 bits per heavy atom. The van der Waals surface area contributed by atoms with Crippen molar-refractivity contribution in [1.82, 2.24) is 0 Å². The van der Waals surface area contributed by atoms with E-state index in [9.17, 15) is 9.90 Å². The third-order valence-corrected chi connectivity index (χ3v) is 2.77. The van der Waals surface area contributed by atoms with Crippen LogP contribution < -0.4 is 10.6 Å². The van der Waals surface area contributed by atoms with E-state index in [1.165, 1.54) is 0 Å². The van der Waals surface area contributed by atoms with Crippen LogP contribution in [0.5, 0.6) is 0 Å². The highest BCUT2D eigenvalue weighted by molar-refractivity contribution is 5.98. The van der Waals surface area contributed by atoms with Gasteiger partial charge in [0.15, 0.2) is 0 Å². The second-order valence-corrected chi connectivity index (χ2v) is 5.19. The average molecular weight is 250 g/mol. The first-order valence-electron chi connectivity index (χ1n) is 6.23. The minimum absolute atomic E-state index is 0.204. The van der Waals surface area contributed by atoms with Gasteiger partial charge >= 0.3 is 5.97 Å². The van der Waals surface area contributed by atoms with Gasteiger partial charge in [0.2, 0.25) is 0 Å². The summed E-state index contributed by atoms with van der Waals surface area (Å²) >= 11 is 0. The van der Waals surface area contributed by atoms with E-state index < -0.39 is 5.97 Å². The smallest absolute Gasteiger partial charge is 0.337 e. The Bertz CT molecular complexity index is 428. The van der Waals surface area contributed by atoms with E-state index in [0.29, 0.717) is 17.3 Å². The summed E-state index contributed by atoms with van der Waals surface area (Å²) in [6.45, 7) is 9.08. The molecule has 0 aliphatic heterocycles. The third kappa shape index (κ3) is 3.15. The minimum atomic E-state index is -0.938. The second-order valence-electron chi connectivity index (χ2n) is 5.19. The summed E-state index contributed by atoms with van der Waals surface area (Å²) in [6.07, 6.45) is 0. The number of nitrogen functional groups attached to an aromatic ring is 1. The molecule has 1 aromatic carbocycles. The molecule has 4 nitrogen and oxygen atoms in total. The van der Waals surface area contributed by atoms with E-state index in [-0.39, 0.29) is 11.6 Å². The molecule has 0 unspecified atom stereocenters. The van der Waals surface area contributed by atoms with Gasteiger partial charge in [-0.25, -0.2) is 4.79 Å². The lowest BCUT2D eigenvalue weighted by molar-refractivity contribution is 0.0697. The largest absolute Gasteiger partial charge is 0.478 e. The molecule has 0 aliphatic rings. The molecule has 0 spiro atoms. The van der Waals surface area contributed by atoms with Crippen molar-refractivity contribution in [1.29, 1.82) is 0 Å². The Balaban J connectivity index is 3.30. The number of benzene rings is 1. The standard InChI is InChI=1S/C14H22N2O2/c1-9(2)8-16(10(3)4)13-11(14(17)18)6-5-7-12(13)15/h5-7,9-10H,8,15H2,1-4H3,(H,17,18). The summed E-state index contributed by atoms with van der Waals surface area (Å²) in [7, 11) is 0. The zero-order chi connectivity index (χ0) is 13.9. The van der Waals surface area contributed by atoms with E-state index in [1.807, 2.05) is 13.8 Å². The highest BCUT2D eigenvalue weighted by atomic mass is 16.4. The van der Waals surface area contributed by atoms with Crippen molar-refractivity contribution in [3.63, 3.8) is 0 Å².